The van der Waals surface area contributed by atoms with Crippen molar-refractivity contribution in [2.24, 2.45) is 33.6 Å². The van der Waals surface area contributed by atoms with E-state index < -0.39 is 11.9 Å². The van der Waals surface area contributed by atoms with E-state index in [1.54, 1.807) is 38.5 Å². The Balaban J connectivity index is 0.000000221. The van der Waals surface area contributed by atoms with Crippen LogP contribution < -0.4 is 0 Å². The van der Waals surface area contributed by atoms with Gasteiger partial charge >= 0.3 is 11.9 Å². The first-order valence-corrected chi connectivity index (χ1v) is 11.2. The van der Waals surface area contributed by atoms with E-state index in [9.17, 15) is 9.59 Å². The average molecular weight is 403 g/mol. The summed E-state index contributed by atoms with van der Waals surface area (Å²) >= 11 is 0. The highest BCUT2D eigenvalue weighted by Crippen LogP contribution is 2.70. The third-order valence-electron chi connectivity index (χ3n) is 8.48. The number of aliphatic carboxylic acids is 2. The highest BCUT2D eigenvalue weighted by molar-refractivity contribution is 5.89. The molecule has 3 unspecified atom stereocenters. The van der Waals surface area contributed by atoms with Crippen LogP contribution in [0.25, 0.3) is 0 Å². The van der Waals surface area contributed by atoms with E-state index in [-0.39, 0.29) is 0 Å². The number of aliphatic imine (C=N–C) groups is 1. The topological polar surface area (TPSA) is 90.2 Å². The third kappa shape index (κ3) is 3.95. The Kier molecular flexibility index (Phi) is 5.47. The fourth-order valence-corrected chi connectivity index (χ4v) is 8.06. The quantitative estimate of drug-likeness (QED) is 0.698. The Bertz CT molecular complexity index is 680. The molecule has 5 fully saturated rings. The Morgan fingerprint density at radius 1 is 1.00 bits per heavy atom. The molecule has 160 valence electrons. The number of carboxylic acids is 2. The van der Waals surface area contributed by atoms with E-state index in [0.717, 1.165) is 35.8 Å². The monoisotopic (exact) mass is 402 g/mol. The summed E-state index contributed by atoms with van der Waals surface area (Å²) in [5.74, 6) is 0.678. The Morgan fingerprint density at radius 3 is 2.03 bits per heavy atom. The molecule has 5 aliphatic carbocycles. The number of carboxylic acid groups (broad SMARTS) is 2. The zero-order valence-corrected chi connectivity index (χ0v) is 17.4. The molecule has 0 spiro atoms. The molecule has 6 rings (SSSR count). The molecule has 29 heavy (non-hydrogen) atoms. The predicted octanol–water partition coefficient (Wildman–Crippen LogP) is 3.82. The molecular formula is C23H34N2O4. The van der Waals surface area contributed by atoms with Gasteiger partial charge in [-0.25, -0.2) is 9.59 Å². The molecule has 3 atom stereocenters. The molecule has 0 aromatic carbocycles. The van der Waals surface area contributed by atoms with Gasteiger partial charge in [0.25, 0.3) is 0 Å². The van der Waals surface area contributed by atoms with Gasteiger partial charge in [0, 0.05) is 19.2 Å². The first-order chi connectivity index (χ1) is 13.8. The van der Waals surface area contributed by atoms with E-state index in [1.165, 1.54) is 25.7 Å². The van der Waals surface area contributed by atoms with Crippen LogP contribution in [-0.4, -0.2) is 53.0 Å². The van der Waals surface area contributed by atoms with Crippen molar-refractivity contribution in [2.45, 2.75) is 70.3 Å². The van der Waals surface area contributed by atoms with Gasteiger partial charge in [-0.05, 0) is 80.0 Å². The smallest absolute Gasteiger partial charge is 0.328 e. The van der Waals surface area contributed by atoms with Gasteiger partial charge in [-0.1, -0.05) is 12.8 Å². The summed E-state index contributed by atoms with van der Waals surface area (Å²) in [4.78, 5) is 26.2. The van der Waals surface area contributed by atoms with Gasteiger partial charge in [0.15, 0.2) is 0 Å². The highest BCUT2D eigenvalue weighted by atomic mass is 16.4. The molecular weight excluding hydrogens is 368 g/mol. The SMILES string of the molecule is CN1C=NCC1C12CC3CC(CC(C4CCCC4)(C3)C1)C2.O=C(O)/C=C/C(=O)O. The summed E-state index contributed by atoms with van der Waals surface area (Å²) in [6.07, 6.45) is 18.7. The van der Waals surface area contributed by atoms with Crippen molar-refractivity contribution in [3.8, 4) is 0 Å². The van der Waals surface area contributed by atoms with Gasteiger partial charge in [-0.15, -0.1) is 0 Å². The lowest BCUT2D eigenvalue weighted by Gasteiger charge is -2.66. The number of rotatable bonds is 4. The molecule has 6 heteroatoms. The Morgan fingerprint density at radius 2 is 1.55 bits per heavy atom. The number of nitrogens with zero attached hydrogens (tertiary/aromatic N) is 2. The summed E-state index contributed by atoms with van der Waals surface area (Å²) in [7, 11) is 2.28. The molecule has 0 aromatic heterocycles. The van der Waals surface area contributed by atoms with E-state index in [1.807, 2.05) is 0 Å². The van der Waals surface area contributed by atoms with E-state index >= 15 is 0 Å². The largest absolute Gasteiger partial charge is 0.478 e. The molecule has 4 bridgehead atoms. The second-order valence-electron chi connectivity index (χ2n) is 10.3. The van der Waals surface area contributed by atoms with E-state index in [0.29, 0.717) is 17.6 Å². The molecule has 1 heterocycles. The molecule has 0 radical (unpaired) electrons. The lowest BCUT2D eigenvalue weighted by molar-refractivity contribution is -0.153. The average Bonchev–Trinajstić information content (AvgIpc) is 3.31. The molecule has 2 N–H and O–H groups in total. The minimum Gasteiger partial charge on any atom is -0.478 e. The van der Waals surface area contributed by atoms with Gasteiger partial charge in [-0.3, -0.25) is 4.99 Å². The van der Waals surface area contributed by atoms with Crippen molar-refractivity contribution in [2.75, 3.05) is 13.6 Å². The Hall–Kier alpha value is -1.85. The molecule has 0 amide bonds. The minimum absolute atomic E-state index is 0.558. The number of likely N-dealkylation sites (N-methyl/N-ethyl adjacent to an activating group) is 1. The van der Waals surface area contributed by atoms with Crippen molar-refractivity contribution < 1.29 is 19.8 Å². The summed E-state index contributed by atoms with van der Waals surface area (Å²) in [5, 5.41) is 15.6. The van der Waals surface area contributed by atoms with Crippen LogP contribution in [0.2, 0.25) is 0 Å². The van der Waals surface area contributed by atoms with Gasteiger partial charge in [0.05, 0.1) is 18.9 Å². The lowest BCUT2D eigenvalue weighted by atomic mass is 9.40. The van der Waals surface area contributed by atoms with Crippen LogP contribution in [0.3, 0.4) is 0 Å². The van der Waals surface area contributed by atoms with Crippen LogP contribution in [0.1, 0.15) is 64.2 Å². The van der Waals surface area contributed by atoms with Crippen molar-refractivity contribution >= 4 is 18.3 Å². The summed E-state index contributed by atoms with van der Waals surface area (Å²) in [6.45, 7) is 1.08. The molecule has 1 aliphatic heterocycles. The zero-order valence-electron chi connectivity index (χ0n) is 17.4. The van der Waals surface area contributed by atoms with Crippen molar-refractivity contribution in [3.05, 3.63) is 12.2 Å². The van der Waals surface area contributed by atoms with E-state index in [4.69, 9.17) is 10.2 Å². The normalized spacial score (nSPS) is 40.4. The number of hydrogen-bond donors (Lipinski definition) is 2. The summed E-state index contributed by atoms with van der Waals surface area (Å²) < 4.78 is 0. The van der Waals surface area contributed by atoms with Gasteiger partial charge < -0.3 is 15.1 Å². The van der Waals surface area contributed by atoms with Crippen LogP contribution in [-0.2, 0) is 9.59 Å². The first kappa shape index (κ1) is 20.4. The molecule has 6 nitrogen and oxygen atoms in total. The molecule has 6 aliphatic rings. The van der Waals surface area contributed by atoms with Crippen LogP contribution in [0.4, 0.5) is 0 Å². The maximum absolute atomic E-state index is 9.55. The van der Waals surface area contributed by atoms with Crippen LogP contribution in [0.5, 0.6) is 0 Å². The standard InChI is InChI=1S/C19H30N2.C4H4O4/c1-21-13-20-11-17(21)19-9-14-6-15(10-19)8-18(7-14,12-19)16-4-2-3-5-16;5-3(6)1-2-4(7)8/h13-17H,2-12H2,1H3;1-2H,(H,5,6)(H,7,8)/b;2-1+. The number of carbonyl (C=O) groups is 2. The molecule has 5 saturated carbocycles. The summed E-state index contributed by atoms with van der Waals surface area (Å²) in [5.41, 5.74) is 1.38. The minimum atomic E-state index is -1.26. The fraction of sp³-hybridized carbons (Fsp3) is 0.783. The number of hydrogen-bond acceptors (Lipinski definition) is 4. The van der Waals surface area contributed by atoms with Crippen LogP contribution in [0.15, 0.2) is 17.1 Å². The van der Waals surface area contributed by atoms with Gasteiger partial charge in [0.2, 0.25) is 0 Å². The second-order valence-corrected chi connectivity index (χ2v) is 10.3. The molecule has 0 aromatic rings. The highest BCUT2D eigenvalue weighted by Gasteiger charge is 2.62. The van der Waals surface area contributed by atoms with E-state index in [2.05, 4.69) is 23.3 Å². The van der Waals surface area contributed by atoms with Crippen molar-refractivity contribution in [1.29, 1.82) is 0 Å². The van der Waals surface area contributed by atoms with Crippen molar-refractivity contribution in [3.63, 3.8) is 0 Å². The summed E-state index contributed by atoms with van der Waals surface area (Å²) in [6, 6.07) is 0.726. The molecule has 0 saturated heterocycles. The fourth-order valence-electron chi connectivity index (χ4n) is 8.06. The Labute approximate surface area is 173 Å². The maximum atomic E-state index is 9.55. The zero-order chi connectivity index (χ0) is 20.6. The predicted molar refractivity (Wildman–Crippen MR) is 111 cm³/mol. The van der Waals surface area contributed by atoms with Crippen LogP contribution >= 0.6 is 0 Å². The first-order valence-electron chi connectivity index (χ1n) is 11.2. The van der Waals surface area contributed by atoms with Gasteiger partial charge in [-0.2, -0.15) is 0 Å². The second kappa shape index (κ2) is 7.77. The van der Waals surface area contributed by atoms with Gasteiger partial charge in [0.1, 0.15) is 0 Å². The van der Waals surface area contributed by atoms with Crippen molar-refractivity contribution in [1.82, 2.24) is 4.90 Å². The lowest BCUT2D eigenvalue weighted by Crippen LogP contribution is -2.60. The third-order valence-corrected chi connectivity index (χ3v) is 8.48. The van der Waals surface area contributed by atoms with Crippen LogP contribution in [0, 0.1) is 28.6 Å². The maximum Gasteiger partial charge on any atom is 0.328 e.